The zero-order chi connectivity index (χ0) is 11.9. The van der Waals surface area contributed by atoms with Crippen LogP contribution in [0.1, 0.15) is 19.4 Å². The maximum atomic E-state index is 13.4. The van der Waals surface area contributed by atoms with E-state index < -0.39 is 5.82 Å². The summed E-state index contributed by atoms with van der Waals surface area (Å²) in [6.07, 6.45) is 2.54. The van der Waals surface area contributed by atoms with Crippen LogP contribution in [0, 0.1) is 5.82 Å². The topological polar surface area (TPSA) is 41.8 Å². The molecule has 0 spiro atoms. The molecule has 0 bridgehead atoms. The molecule has 4 heteroatoms. The highest BCUT2D eigenvalue weighted by Crippen LogP contribution is 2.26. The molecule has 0 radical (unpaired) electrons. The van der Waals surface area contributed by atoms with Crippen LogP contribution in [0.25, 0.3) is 10.9 Å². The number of hydrogen-bond donors (Lipinski definition) is 2. The third-order valence-corrected chi connectivity index (χ3v) is 2.74. The molecule has 0 atom stereocenters. The van der Waals surface area contributed by atoms with Gasteiger partial charge in [0.1, 0.15) is 5.82 Å². The van der Waals surface area contributed by atoms with Crippen molar-refractivity contribution in [1.29, 1.82) is 0 Å². The van der Waals surface area contributed by atoms with Crippen molar-refractivity contribution in [1.82, 2.24) is 4.98 Å². The average molecular weight is 241 g/mol. The smallest absolute Gasteiger partial charge is 0.142 e. The van der Waals surface area contributed by atoms with Gasteiger partial charge < -0.3 is 10.7 Å². The summed E-state index contributed by atoms with van der Waals surface area (Å²) in [7, 11) is 0. The minimum atomic E-state index is -0.398. The minimum absolute atomic E-state index is 0.132. The van der Waals surface area contributed by atoms with Crippen LogP contribution in [0.4, 0.5) is 4.39 Å². The maximum absolute atomic E-state index is 13.4. The summed E-state index contributed by atoms with van der Waals surface area (Å²) in [5.41, 5.74) is 7.49. The predicted octanol–water partition coefficient (Wildman–Crippen LogP) is 3.24. The number of H-pyrrole nitrogens is 1. The number of aromatic nitrogens is 1. The molecule has 2 aromatic rings. The molecule has 86 valence electrons. The number of nitrogens with two attached hydrogens (primary N) is 1. The summed E-state index contributed by atoms with van der Waals surface area (Å²) in [5.74, 6) is -0.398. The van der Waals surface area contributed by atoms with E-state index in [9.17, 15) is 4.39 Å². The van der Waals surface area contributed by atoms with E-state index >= 15 is 0 Å². The highest BCUT2D eigenvalue weighted by atomic mass is 35.5. The number of rotatable bonds is 2. The quantitative estimate of drug-likeness (QED) is 0.832. The molecule has 1 aromatic carbocycles. The standard InChI is InChI=1S/C12H14ClFN2/c1-12(2,15)5-7-6-16-11-4-9(13)10(14)3-8(7)11/h3-4,6,16H,5,15H2,1-2H3. The first-order chi connectivity index (χ1) is 7.37. The number of benzene rings is 1. The molecule has 0 unspecified atom stereocenters. The number of halogens is 2. The summed E-state index contributed by atoms with van der Waals surface area (Å²) < 4.78 is 13.4. The number of nitrogens with one attached hydrogen (secondary N) is 1. The van der Waals surface area contributed by atoms with Crippen LogP contribution in [0.15, 0.2) is 18.3 Å². The van der Waals surface area contributed by atoms with Crippen LogP contribution in [-0.4, -0.2) is 10.5 Å². The van der Waals surface area contributed by atoms with Crippen LogP contribution >= 0.6 is 11.6 Å². The second-order valence-electron chi connectivity index (χ2n) is 4.79. The number of fused-ring (bicyclic) bond motifs is 1. The van der Waals surface area contributed by atoms with Crippen molar-refractivity contribution in [3.05, 3.63) is 34.7 Å². The van der Waals surface area contributed by atoms with Crippen molar-refractivity contribution in [2.24, 2.45) is 5.73 Å². The first kappa shape index (κ1) is 11.4. The van der Waals surface area contributed by atoms with E-state index in [-0.39, 0.29) is 10.6 Å². The molecule has 0 aliphatic carbocycles. The SMILES string of the molecule is CC(C)(N)Cc1c[nH]c2cc(Cl)c(F)cc12. The lowest BCUT2D eigenvalue weighted by atomic mass is 9.96. The molecule has 0 amide bonds. The monoisotopic (exact) mass is 240 g/mol. The Morgan fingerprint density at radius 2 is 2.12 bits per heavy atom. The Bertz CT molecular complexity index is 526. The second kappa shape index (κ2) is 3.75. The molecule has 2 rings (SSSR count). The third-order valence-electron chi connectivity index (χ3n) is 2.45. The Morgan fingerprint density at radius 3 is 2.75 bits per heavy atom. The molecule has 1 heterocycles. The molecule has 1 aromatic heterocycles. The van der Waals surface area contributed by atoms with Gasteiger partial charge in [0, 0.05) is 22.6 Å². The summed E-state index contributed by atoms with van der Waals surface area (Å²) in [6.45, 7) is 3.89. The molecule has 16 heavy (non-hydrogen) atoms. The van der Waals surface area contributed by atoms with E-state index in [1.165, 1.54) is 6.07 Å². The lowest BCUT2D eigenvalue weighted by Crippen LogP contribution is -2.34. The predicted molar refractivity (Wildman–Crippen MR) is 65.2 cm³/mol. The molecular formula is C12H14ClFN2. The van der Waals surface area contributed by atoms with Gasteiger partial charge in [0.25, 0.3) is 0 Å². The fourth-order valence-electron chi connectivity index (χ4n) is 1.81. The van der Waals surface area contributed by atoms with Crippen molar-refractivity contribution in [2.45, 2.75) is 25.8 Å². The number of hydrogen-bond acceptors (Lipinski definition) is 1. The first-order valence-electron chi connectivity index (χ1n) is 5.11. The van der Waals surface area contributed by atoms with E-state index in [4.69, 9.17) is 17.3 Å². The molecule has 0 fully saturated rings. The summed E-state index contributed by atoms with van der Waals surface area (Å²) >= 11 is 5.71. The normalized spacial score (nSPS) is 12.3. The third kappa shape index (κ3) is 2.20. The van der Waals surface area contributed by atoms with Crippen molar-refractivity contribution in [2.75, 3.05) is 0 Å². The average Bonchev–Trinajstić information content (AvgIpc) is 2.47. The van der Waals surface area contributed by atoms with E-state index in [0.717, 1.165) is 16.5 Å². The highest BCUT2D eigenvalue weighted by Gasteiger charge is 2.15. The Kier molecular flexibility index (Phi) is 2.68. The van der Waals surface area contributed by atoms with Crippen LogP contribution in [0.3, 0.4) is 0 Å². The molecule has 0 saturated heterocycles. The maximum Gasteiger partial charge on any atom is 0.142 e. The summed E-state index contributed by atoms with van der Waals surface area (Å²) in [4.78, 5) is 3.07. The largest absolute Gasteiger partial charge is 0.361 e. The Labute approximate surface area is 98.6 Å². The van der Waals surface area contributed by atoms with E-state index in [0.29, 0.717) is 6.42 Å². The van der Waals surface area contributed by atoms with E-state index in [2.05, 4.69) is 4.98 Å². The fraction of sp³-hybridized carbons (Fsp3) is 0.333. The summed E-state index contributed by atoms with van der Waals surface area (Å²) in [5, 5.41) is 0.980. The fourth-order valence-corrected chi connectivity index (χ4v) is 1.98. The molecule has 0 aliphatic heterocycles. The molecule has 0 saturated carbocycles. The minimum Gasteiger partial charge on any atom is -0.361 e. The van der Waals surface area contributed by atoms with E-state index in [1.54, 1.807) is 6.07 Å². The van der Waals surface area contributed by atoms with Gasteiger partial charge in [0.05, 0.1) is 5.02 Å². The lowest BCUT2D eigenvalue weighted by molar-refractivity contribution is 0.518. The molecule has 2 nitrogen and oxygen atoms in total. The Balaban J connectivity index is 2.52. The van der Waals surface area contributed by atoms with Crippen molar-refractivity contribution >= 4 is 22.5 Å². The number of aromatic amines is 1. The lowest BCUT2D eigenvalue weighted by Gasteiger charge is -2.17. The van der Waals surface area contributed by atoms with Crippen LogP contribution in [0.2, 0.25) is 5.02 Å². The van der Waals surface area contributed by atoms with Gasteiger partial charge >= 0.3 is 0 Å². The van der Waals surface area contributed by atoms with E-state index in [1.807, 2.05) is 20.0 Å². The van der Waals surface area contributed by atoms with Gasteiger partial charge in [-0.3, -0.25) is 0 Å². The van der Waals surface area contributed by atoms with Gasteiger partial charge in [-0.1, -0.05) is 11.6 Å². The Morgan fingerprint density at radius 1 is 1.44 bits per heavy atom. The van der Waals surface area contributed by atoms with Gasteiger partial charge in [-0.05, 0) is 38.0 Å². The van der Waals surface area contributed by atoms with Gasteiger partial charge in [0.2, 0.25) is 0 Å². The zero-order valence-corrected chi connectivity index (χ0v) is 10.0. The Hall–Kier alpha value is -1.06. The van der Waals surface area contributed by atoms with Gasteiger partial charge in [-0.15, -0.1) is 0 Å². The zero-order valence-electron chi connectivity index (χ0n) is 9.27. The van der Waals surface area contributed by atoms with Crippen molar-refractivity contribution in [3.8, 4) is 0 Å². The second-order valence-corrected chi connectivity index (χ2v) is 5.20. The summed E-state index contributed by atoms with van der Waals surface area (Å²) in [6, 6.07) is 3.05. The van der Waals surface area contributed by atoms with Crippen molar-refractivity contribution < 1.29 is 4.39 Å². The molecule has 0 aliphatic rings. The first-order valence-corrected chi connectivity index (χ1v) is 5.48. The van der Waals surface area contributed by atoms with Crippen LogP contribution in [0.5, 0.6) is 0 Å². The van der Waals surface area contributed by atoms with Crippen LogP contribution in [-0.2, 0) is 6.42 Å². The van der Waals surface area contributed by atoms with Gasteiger partial charge in [-0.25, -0.2) is 4.39 Å². The highest BCUT2D eigenvalue weighted by molar-refractivity contribution is 6.31. The van der Waals surface area contributed by atoms with Gasteiger partial charge in [0.15, 0.2) is 0 Å². The van der Waals surface area contributed by atoms with Crippen molar-refractivity contribution in [3.63, 3.8) is 0 Å². The molecule has 3 N–H and O–H groups in total. The van der Waals surface area contributed by atoms with Gasteiger partial charge in [-0.2, -0.15) is 0 Å². The molecular weight excluding hydrogens is 227 g/mol. The van der Waals surface area contributed by atoms with Crippen LogP contribution < -0.4 is 5.73 Å².